The second-order valence-electron chi connectivity index (χ2n) is 8.37. The molecule has 0 aliphatic carbocycles. The van der Waals surface area contributed by atoms with Gasteiger partial charge in [-0.15, -0.1) is 24.2 Å². The van der Waals surface area contributed by atoms with Crippen molar-refractivity contribution in [3.05, 3.63) is 53.1 Å². The van der Waals surface area contributed by atoms with Crippen molar-refractivity contribution in [3.8, 4) is 0 Å². The number of hydrogen-bond acceptors (Lipinski definition) is 6. The van der Waals surface area contributed by atoms with Crippen molar-refractivity contribution in [2.75, 3.05) is 50.0 Å². The van der Waals surface area contributed by atoms with Crippen molar-refractivity contribution >= 4 is 68.4 Å². The van der Waals surface area contributed by atoms with E-state index in [1.54, 1.807) is 23.1 Å². The third-order valence-corrected chi connectivity index (χ3v) is 8.38. The van der Waals surface area contributed by atoms with Crippen molar-refractivity contribution in [2.24, 2.45) is 0 Å². The number of benzene rings is 2. The number of morpholine rings is 1. The highest BCUT2D eigenvalue weighted by Gasteiger charge is 2.21. The van der Waals surface area contributed by atoms with E-state index in [1.807, 2.05) is 29.2 Å². The van der Waals surface area contributed by atoms with E-state index in [9.17, 15) is 4.79 Å². The number of amides is 1. The van der Waals surface area contributed by atoms with Gasteiger partial charge in [-0.3, -0.25) is 14.6 Å². The summed E-state index contributed by atoms with van der Waals surface area (Å²) in [6, 6.07) is 14.2. The Kier molecular flexibility index (Phi) is 11.6. The smallest absolute Gasteiger partial charge is 0.228 e. The average molecular weight is 555 g/mol. The van der Waals surface area contributed by atoms with Gasteiger partial charge in [0.05, 0.1) is 23.4 Å². The Hall–Kier alpha value is -1.35. The van der Waals surface area contributed by atoms with Crippen molar-refractivity contribution in [3.63, 3.8) is 0 Å². The van der Waals surface area contributed by atoms with Gasteiger partial charge in [-0.1, -0.05) is 42.0 Å². The Labute approximate surface area is 227 Å². The summed E-state index contributed by atoms with van der Waals surface area (Å²) in [5.41, 5.74) is 2.27. The Morgan fingerprint density at radius 3 is 2.69 bits per heavy atom. The van der Waals surface area contributed by atoms with E-state index in [0.717, 1.165) is 78.2 Å². The van der Waals surface area contributed by atoms with Gasteiger partial charge < -0.3 is 4.74 Å². The summed E-state index contributed by atoms with van der Waals surface area (Å²) >= 11 is 9.37. The molecule has 35 heavy (non-hydrogen) atoms. The highest BCUT2D eigenvalue weighted by Crippen LogP contribution is 2.32. The van der Waals surface area contributed by atoms with Crippen LogP contribution in [0.3, 0.4) is 0 Å². The van der Waals surface area contributed by atoms with E-state index in [1.165, 1.54) is 10.5 Å². The lowest BCUT2D eigenvalue weighted by Gasteiger charge is -2.27. The summed E-state index contributed by atoms with van der Waals surface area (Å²) in [6.45, 7) is 7.36. The van der Waals surface area contributed by atoms with E-state index in [-0.39, 0.29) is 18.3 Å². The molecule has 0 radical (unpaired) electrons. The van der Waals surface area contributed by atoms with Crippen LogP contribution in [-0.2, 0) is 16.0 Å². The van der Waals surface area contributed by atoms with Crippen molar-refractivity contribution in [1.29, 1.82) is 0 Å². The van der Waals surface area contributed by atoms with Gasteiger partial charge in [0.15, 0.2) is 5.13 Å². The Balaban J connectivity index is 0.00000342. The zero-order chi connectivity index (χ0) is 23.8. The van der Waals surface area contributed by atoms with Crippen LogP contribution in [0.2, 0.25) is 5.02 Å². The van der Waals surface area contributed by atoms with Crippen LogP contribution >= 0.6 is 47.1 Å². The number of anilines is 1. The van der Waals surface area contributed by atoms with Gasteiger partial charge >= 0.3 is 0 Å². The quantitative estimate of drug-likeness (QED) is 0.198. The monoisotopic (exact) mass is 553 g/mol. The fraction of sp³-hybridized carbons (Fsp3) is 0.462. The van der Waals surface area contributed by atoms with Crippen molar-refractivity contribution in [2.45, 2.75) is 37.5 Å². The Bertz CT molecular complexity index is 1070. The van der Waals surface area contributed by atoms with Gasteiger partial charge in [0.2, 0.25) is 5.91 Å². The largest absolute Gasteiger partial charge is 0.379 e. The Morgan fingerprint density at radius 2 is 1.94 bits per heavy atom. The number of carbonyl (C=O) groups excluding carboxylic acids is 1. The number of ether oxygens (including phenoxy) is 1. The average Bonchev–Trinajstić information content (AvgIpc) is 3.30. The first-order valence-electron chi connectivity index (χ1n) is 12.0. The molecule has 1 aliphatic rings. The fourth-order valence-corrected chi connectivity index (χ4v) is 6.11. The third-order valence-electron chi connectivity index (χ3n) is 5.98. The summed E-state index contributed by atoms with van der Waals surface area (Å²) in [5, 5.41) is 1.57. The van der Waals surface area contributed by atoms with E-state index < -0.39 is 0 Å². The van der Waals surface area contributed by atoms with Crippen LogP contribution in [0.5, 0.6) is 0 Å². The van der Waals surface area contributed by atoms with Crippen LogP contribution in [0.25, 0.3) is 10.2 Å². The van der Waals surface area contributed by atoms with Crippen LogP contribution in [-0.4, -0.2) is 60.9 Å². The summed E-state index contributed by atoms with van der Waals surface area (Å²) in [5.74, 6) is 1.06. The molecule has 0 saturated carbocycles. The number of carbonyl (C=O) groups is 1. The predicted molar refractivity (Wildman–Crippen MR) is 152 cm³/mol. The highest BCUT2D eigenvalue weighted by atomic mass is 35.5. The van der Waals surface area contributed by atoms with Gasteiger partial charge in [0, 0.05) is 42.5 Å². The van der Waals surface area contributed by atoms with E-state index in [2.05, 4.69) is 30.0 Å². The molecule has 0 N–H and O–H groups in total. The number of aromatic nitrogens is 1. The molecule has 190 valence electrons. The minimum absolute atomic E-state index is 0. The second-order valence-corrected chi connectivity index (χ2v) is 11.0. The maximum absolute atomic E-state index is 13.3. The number of thiazole rings is 1. The van der Waals surface area contributed by atoms with Crippen LogP contribution in [0.1, 0.15) is 31.7 Å². The first-order valence-corrected chi connectivity index (χ1v) is 14.2. The molecule has 1 fully saturated rings. The van der Waals surface area contributed by atoms with Crippen molar-refractivity contribution < 1.29 is 9.53 Å². The molecular weight excluding hydrogens is 521 g/mol. The summed E-state index contributed by atoms with van der Waals surface area (Å²) in [4.78, 5) is 23.8. The molecule has 1 amide bonds. The summed E-state index contributed by atoms with van der Waals surface area (Å²) in [6.07, 6.45) is 3.22. The van der Waals surface area contributed by atoms with Gasteiger partial charge in [-0.05, 0) is 60.9 Å². The number of fused-ring (bicyclic) bond motifs is 1. The normalized spacial score (nSPS) is 14.1. The molecule has 0 bridgehead atoms. The highest BCUT2D eigenvalue weighted by molar-refractivity contribution is 7.99. The standard InChI is InChI=1S/C26H32ClN3O2S2.ClH/c1-2-20-6-3-7-23-25(20)28-26(34-23)30(14-5-13-29-15-17-32-18-16-29)24(31)8-4-19-33-22-11-9-21(27)10-12-22;/h3,6-7,9-12H,2,4-5,8,13-19H2,1H3;1H. The van der Waals surface area contributed by atoms with E-state index >= 15 is 0 Å². The number of halogens is 2. The zero-order valence-corrected chi connectivity index (χ0v) is 23.3. The number of nitrogens with zero attached hydrogens (tertiary/aromatic N) is 3. The fourth-order valence-electron chi connectivity index (χ4n) is 4.08. The van der Waals surface area contributed by atoms with Gasteiger partial charge in [-0.25, -0.2) is 4.98 Å². The van der Waals surface area contributed by atoms with E-state index in [0.29, 0.717) is 13.0 Å². The van der Waals surface area contributed by atoms with Crippen LogP contribution < -0.4 is 4.90 Å². The molecule has 0 atom stereocenters. The number of hydrogen-bond donors (Lipinski definition) is 0. The maximum atomic E-state index is 13.3. The lowest BCUT2D eigenvalue weighted by Crippen LogP contribution is -2.39. The molecule has 0 spiro atoms. The molecule has 5 nitrogen and oxygen atoms in total. The van der Waals surface area contributed by atoms with Crippen molar-refractivity contribution in [1.82, 2.24) is 9.88 Å². The molecule has 1 aliphatic heterocycles. The third kappa shape index (κ3) is 8.07. The molecular formula is C26H33Cl2N3O2S2. The summed E-state index contributed by atoms with van der Waals surface area (Å²) in [7, 11) is 0. The zero-order valence-electron chi connectivity index (χ0n) is 20.1. The molecule has 9 heteroatoms. The van der Waals surface area contributed by atoms with Crippen LogP contribution in [0, 0.1) is 0 Å². The lowest BCUT2D eigenvalue weighted by atomic mass is 10.1. The first kappa shape index (κ1) is 28.2. The van der Waals surface area contributed by atoms with Crippen LogP contribution in [0.15, 0.2) is 47.4 Å². The number of aryl methyl sites for hydroxylation is 1. The number of para-hydroxylation sites is 1. The van der Waals surface area contributed by atoms with E-state index in [4.69, 9.17) is 21.3 Å². The second kappa shape index (κ2) is 14.4. The molecule has 3 aromatic rings. The predicted octanol–water partition coefficient (Wildman–Crippen LogP) is 6.56. The molecule has 2 aromatic carbocycles. The molecule has 2 heterocycles. The van der Waals surface area contributed by atoms with Gasteiger partial charge in [0.1, 0.15) is 0 Å². The minimum Gasteiger partial charge on any atom is -0.379 e. The molecule has 0 unspecified atom stereocenters. The molecule has 1 saturated heterocycles. The SMILES string of the molecule is CCc1cccc2sc(N(CCCN3CCOCC3)C(=O)CCCSc3ccc(Cl)cc3)nc12.Cl. The Morgan fingerprint density at radius 1 is 1.17 bits per heavy atom. The maximum Gasteiger partial charge on any atom is 0.228 e. The number of rotatable bonds is 11. The minimum atomic E-state index is 0. The summed E-state index contributed by atoms with van der Waals surface area (Å²) < 4.78 is 6.61. The van der Waals surface area contributed by atoms with Gasteiger partial charge in [0.25, 0.3) is 0 Å². The van der Waals surface area contributed by atoms with Gasteiger partial charge in [-0.2, -0.15) is 0 Å². The molecule has 1 aromatic heterocycles. The lowest BCUT2D eigenvalue weighted by molar-refractivity contribution is -0.118. The topological polar surface area (TPSA) is 45.7 Å². The van der Waals surface area contributed by atoms with Crippen LogP contribution in [0.4, 0.5) is 5.13 Å². The molecule has 4 rings (SSSR count). The number of thioether (sulfide) groups is 1. The first-order chi connectivity index (χ1) is 16.6.